The number of hydrogen-bond donors (Lipinski definition) is 2. The highest BCUT2D eigenvalue weighted by Gasteiger charge is 2.45. The predicted molar refractivity (Wildman–Crippen MR) is 102 cm³/mol. The molecular formula is C21H28ClNO. The Hall–Kier alpha value is -1.35. The van der Waals surface area contributed by atoms with Crippen LogP contribution < -0.4 is 5.32 Å². The summed E-state index contributed by atoms with van der Waals surface area (Å²) < 4.78 is 0. The number of hydrogen-bond acceptors (Lipinski definition) is 2. The Morgan fingerprint density at radius 2 is 1.54 bits per heavy atom. The molecule has 0 radical (unpaired) electrons. The molecule has 4 unspecified atom stereocenters. The van der Waals surface area contributed by atoms with E-state index >= 15 is 0 Å². The van der Waals surface area contributed by atoms with Gasteiger partial charge in [0.1, 0.15) is 0 Å². The third-order valence-electron chi connectivity index (χ3n) is 5.33. The summed E-state index contributed by atoms with van der Waals surface area (Å²) in [5.41, 5.74) is 1.89. The molecule has 1 aliphatic rings. The van der Waals surface area contributed by atoms with Crippen LogP contribution in [-0.4, -0.2) is 10.7 Å². The second-order valence-corrected chi connectivity index (χ2v) is 6.86. The second kappa shape index (κ2) is 8.15. The normalized spacial score (nSPS) is 29.7. The van der Waals surface area contributed by atoms with Gasteiger partial charge in [0.15, 0.2) is 0 Å². The first kappa shape index (κ1) is 19.0. The lowest BCUT2D eigenvalue weighted by Gasteiger charge is -2.48. The fourth-order valence-electron chi connectivity index (χ4n) is 3.98. The van der Waals surface area contributed by atoms with Crippen LogP contribution in [-0.2, 0) is 0 Å². The summed E-state index contributed by atoms with van der Waals surface area (Å²) in [7, 11) is 0. The van der Waals surface area contributed by atoms with Crippen molar-refractivity contribution in [1.82, 2.24) is 5.32 Å². The predicted octanol–water partition coefficient (Wildman–Crippen LogP) is 5.05. The lowest BCUT2D eigenvalue weighted by molar-refractivity contribution is -0.0743. The second-order valence-electron chi connectivity index (χ2n) is 6.86. The first-order valence-corrected chi connectivity index (χ1v) is 8.72. The van der Waals surface area contributed by atoms with E-state index in [4.69, 9.17) is 0 Å². The van der Waals surface area contributed by atoms with Gasteiger partial charge in [-0.15, -0.1) is 12.4 Å². The van der Waals surface area contributed by atoms with E-state index in [1.165, 1.54) is 11.1 Å². The Labute approximate surface area is 151 Å². The van der Waals surface area contributed by atoms with Crippen molar-refractivity contribution in [2.45, 2.75) is 50.8 Å². The van der Waals surface area contributed by atoms with Gasteiger partial charge in [0.25, 0.3) is 0 Å². The topological polar surface area (TPSA) is 32.3 Å². The van der Waals surface area contributed by atoms with Crippen LogP contribution in [0.25, 0.3) is 0 Å². The minimum absolute atomic E-state index is 0. The van der Waals surface area contributed by atoms with Gasteiger partial charge >= 0.3 is 0 Å². The molecule has 3 rings (SSSR count). The zero-order chi connectivity index (χ0) is 16.3. The lowest BCUT2D eigenvalue weighted by atomic mass is 9.70. The summed E-state index contributed by atoms with van der Waals surface area (Å²) in [6.07, 6.45) is 2.63. The third-order valence-corrected chi connectivity index (χ3v) is 5.33. The highest BCUT2D eigenvalue weighted by Crippen LogP contribution is 2.45. The maximum atomic E-state index is 11.4. The maximum absolute atomic E-state index is 11.4. The van der Waals surface area contributed by atoms with Gasteiger partial charge in [-0.25, -0.2) is 0 Å². The Morgan fingerprint density at radius 1 is 1.00 bits per heavy atom. The summed E-state index contributed by atoms with van der Waals surface area (Å²) in [5.74, 6) is 0.185. The van der Waals surface area contributed by atoms with Crippen molar-refractivity contribution < 1.29 is 5.11 Å². The SMILES string of the molecule is CCCC1(O)CC(c2ccccc2)NC(c2ccccc2)C1C.Cl. The zero-order valence-corrected chi connectivity index (χ0v) is 15.3. The zero-order valence-electron chi connectivity index (χ0n) is 14.5. The van der Waals surface area contributed by atoms with Crippen LogP contribution in [0.2, 0.25) is 0 Å². The molecule has 2 aromatic rings. The van der Waals surface area contributed by atoms with E-state index in [9.17, 15) is 5.11 Å². The van der Waals surface area contributed by atoms with Crippen LogP contribution in [0.4, 0.5) is 0 Å². The van der Waals surface area contributed by atoms with Crippen LogP contribution >= 0.6 is 12.4 Å². The van der Waals surface area contributed by atoms with Gasteiger partial charge in [0, 0.05) is 18.0 Å². The molecule has 3 heteroatoms. The van der Waals surface area contributed by atoms with Crippen LogP contribution in [0.15, 0.2) is 60.7 Å². The number of piperidine rings is 1. The smallest absolute Gasteiger partial charge is 0.0709 e. The lowest BCUT2D eigenvalue weighted by Crippen LogP contribution is -2.52. The van der Waals surface area contributed by atoms with Gasteiger partial charge in [0.2, 0.25) is 0 Å². The van der Waals surface area contributed by atoms with Crippen LogP contribution in [0.1, 0.15) is 56.3 Å². The van der Waals surface area contributed by atoms with Crippen molar-refractivity contribution >= 4 is 12.4 Å². The number of rotatable bonds is 4. The Balaban J connectivity index is 0.00000208. The maximum Gasteiger partial charge on any atom is 0.0709 e. The Kier molecular flexibility index (Phi) is 6.45. The van der Waals surface area contributed by atoms with Gasteiger partial charge in [0.05, 0.1) is 5.60 Å². The van der Waals surface area contributed by atoms with Crippen molar-refractivity contribution in [3.63, 3.8) is 0 Å². The number of benzene rings is 2. The van der Waals surface area contributed by atoms with Gasteiger partial charge in [-0.2, -0.15) is 0 Å². The monoisotopic (exact) mass is 345 g/mol. The molecule has 4 atom stereocenters. The minimum Gasteiger partial charge on any atom is -0.389 e. The summed E-state index contributed by atoms with van der Waals surface area (Å²) in [4.78, 5) is 0. The molecule has 0 aliphatic carbocycles. The van der Waals surface area contributed by atoms with Crippen LogP contribution in [0, 0.1) is 5.92 Å². The van der Waals surface area contributed by atoms with Gasteiger partial charge in [-0.1, -0.05) is 80.9 Å². The molecule has 0 amide bonds. The summed E-state index contributed by atoms with van der Waals surface area (Å²) in [6, 6.07) is 21.4. The highest BCUT2D eigenvalue weighted by molar-refractivity contribution is 5.85. The summed E-state index contributed by atoms with van der Waals surface area (Å²) >= 11 is 0. The largest absolute Gasteiger partial charge is 0.389 e. The molecule has 2 aromatic carbocycles. The minimum atomic E-state index is -0.624. The first-order valence-electron chi connectivity index (χ1n) is 8.72. The molecule has 24 heavy (non-hydrogen) atoms. The van der Waals surface area contributed by atoms with E-state index in [0.29, 0.717) is 0 Å². The van der Waals surface area contributed by atoms with E-state index in [1.54, 1.807) is 0 Å². The van der Waals surface area contributed by atoms with E-state index < -0.39 is 5.60 Å². The quantitative estimate of drug-likeness (QED) is 0.812. The van der Waals surface area contributed by atoms with Crippen molar-refractivity contribution in [2.24, 2.45) is 5.92 Å². The molecule has 0 spiro atoms. The molecule has 130 valence electrons. The average Bonchev–Trinajstić information content (AvgIpc) is 2.59. The molecule has 1 aliphatic heterocycles. The molecule has 0 saturated carbocycles. The van der Waals surface area contributed by atoms with Crippen molar-refractivity contribution in [3.8, 4) is 0 Å². The number of aliphatic hydroxyl groups is 1. The first-order chi connectivity index (χ1) is 11.1. The third kappa shape index (κ3) is 3.83. The number of nitrogens with one attached hydrogen (secondary N) is 1. The van der Waals surface area contributed by atoms with Crippen molar-refractivity contribution in [1.29, 1.82) is 0 Å². The summed E-state index contributed by atoms with van der Waals surface area (Å²) in [5, 5.41) is 15.2. The molecule has 0 bridgehead atoms. The average molecular weight is 346 g/mol. The van der Waals surface area contributed by atoms with Gasteiger partial charge in [-0.3, -0.25) is 0 Å². The summed E-state index contributed by atoms with van der Waals surface area (Å²) in [6.45, 7) is 4.34. The molecule has 2 nitrogen and oxygen atoms in total. The van der Waals surface area contributed by atoms with E-state index in [2.05, 4.69) is 67.7 Å². The molecule has 0 aromatic heterocycles. The van der Waals surface area contributed by atoms with Gasteiger partial charge in [-0.05, 0) is 24.0 Å². The van der Waals surface area contributed by atoms with E-state index in [1.807, 2.05) is 12.1 Å². The van der Waals surface area contributed by atoms with E-state index in [0.717, 1.165) is 19.3 Å². The van der Waals surface area contributed by atoms with Crippen LogP contribution in [0.5, 0.6) is 0 Å². The standard InChI is InChI=1S/C21H27NO.ClH/c1-3-14-21(23)15-19(17-10-6-4-7-11-17)22-20(16(21)2)18-12-8-5-9-13-18;/h4-13,16,19-20,22-23H,3,14-15H2,1-2H3;1H. The molecular weight excluding hydrogens is 318 g/mol. The molecule has 1 fully saturated rings. The van der Waals surface area contributed by atoms with Crippen LogP contribution in [0.3, 0.4) is 0 Å². The molecule has 1 heterocycles. The Bertz CT molecular complexity index is 618. The highest BCUT2D eigenvalue weighted by atomic mass is 35.5. The Morgan fingerprint density at radius 3 is 2.08 bits per heavy atom. The molecule has 1 saturated heterocycles. The molecule has 2 N–H and O–H groups in total. The van der Waals surface area contributed by atoms with E-state index in [-0.39, 0.29) is 30.4 Å². The van der Waals surface area contributed by atoms with Gasteiger partial charge < -0.3 is 10.4 Å². The van der Waals surface area contributed by atoms with Crippen molar-refractivity contribution in [3.05, 3.63) is 71.8 Å². The van der Waals surface area contributed by atoms with Crippen molar-refractivity contribution in [2.75, 3.05) is 0 Å². The fraction of sp³-hybridized carbons (Fsp3) is 0.429. The fourth-order valence-corrected chi connectivity index (χ4v) is 3.98. The number of halogens is 1.